The fraction of sp³-hybridized carbons (Fsp3) is 0.471. The van der Waals surface area contributed by atoms with Crippen LogP contribution in [0.15, 0.2) is 36.5 Å². The second-order valence-corrected chi connectivity index (χ2v) is 5.64. The summed E-state index contributed by atoms with van der Waals surface area (Å²) in [6, 6.07) is 10.2. The Morgan fingerprint density at radius 3 is 2.70 bits per heavy atom. The molecule has 0 saturated heterocycles. The number of pyridine rings is 1. The predicted molar refractivity (Wildman–Crippen MR) is 81.8 cm³/mol. The molecule has 0 aliphatic heterocycles. The van der Waals surface area contributed by atoms with Crippen LogP contribution in [0.1, 0.15) is 38.5 Å². The van der Waals surface area contributed by atoms with Gasteiger partial charge in [-0.3, -0.25) is 4.98 Å². The summed E-state index contributed by atoms with van der Waals surface area (Å²) >= 11 is 0. The summed E-state index contributed by atoms with van der Waals surface area (Å²) in [5, 5.41) is 1.12. The number of benzene rings is 1. The molecular weight excluding hydrogens is 248 g/mol. The molecule has 1 saturated carbocycles. The number of fused-ring (bicyclic) bond motifs is 1. The first-order valence-electron chi connectivity index (χ1n) is 7.60. The molecule has 3 heteroatoms. The van der Waals surface area contributed by atoms with Gasteiger partial charge in [-0.05, 0) is 31.4 Å². The van der Waals surface area contributed by atoms with Gasteiger partial charge < -0.3 is 10.5 Å². The second-order valence-electron chi connectivity index (χ2n) is 5.64. The second kappa shape index (κ2) is 6.23. The van der Waals surface area contributed by atoms with Crippen LogP contribution in [0.25, 0.3) is 10.9 Å². The van der Waals surface area contributed by atoms with Gasteiger partial charge in [0.2, 0.25) is 0 Å². The van der Waals surface area contributed by atoms with Gasteiger partial charge >= 0.3 is 0 Å². The molecular formula is C17H22N2O. The molecule has 1 aliphatic carbocycles. The summed E-state index contributed by atoms with van der Waals surface area (Å²) in [6.45, 7) is 0. The van der Waals surface area contributed by atoms with Crippen LogP contribution in [0.5, 0.6) is 5.75 Å². The third kappa shape index (κ3) is 2.93. The summed E-state index contributed by atoms with van der Waals surface area (Å²) in [4.78, 5) is 4.45. The number of aromatic nitrogens is 1. The minimum atomic E-state index is 0.114. The maximum absolute atomic E-state index is 6.29. The summed E-state index contributed by atoms with van der Waals surface area (Å²) in [7, 11) is 0. The molecule has 1 aromatic heterocycles. The number of ether oxygens (including phenoxy) is 1. The topological polar surface area (TPSA) is 48.1 Å². The Hall–Kier alpha value is -1.61. The zero-order valence-corrected chi connectivity index (χ0v) is 11.8. The minimum Gasteiger partial charge on any atom is -0.487 e. The largest absolute Gasteiger partial charge is 0.487 e. The van der Waals surface area contributed by atoms with Crippen LogP contribution < -0.4 is 10.5 Å². The maximum Gasteiger partial charge on any atom is 0.146 e. The van der Waals surface area contributed by atoms with Gasteiger partial charge in [0.25, 0.3) is 0 Å². The van der Waals surface area contributed by atoms with Crippen LogP contribution in [0.3, 0.4) is 0 Å². The fourth-order valence-corrected chi connectivity index (χ4v) is 2.96. The number of hydrogen-bond donors (Lipinski definition) is 1. The number of nitrogens with two attached hydrogens (primary N) is 1. The van der Waals surface area contributed by atoms with Gasteiger partial charge in [-0.1, -0.05) is 37.5 Å². The van der Waals surface area contributed by atoms with Crippen molar-refractivity contribution >= 4 is 10.9 Å². The van der Waals surface area contributed by atoms with Gasteiger partial charge in [0, 0.05) is 17.6 Å². The molecule has 1 aromatic carbocycles. The minimum absolute atomic E-state index is 0.114. The van der Waals surface area contributed by atoms with E-state index < -0.39 is 0 Å². The third-order valence-electron chi connectivity index (χ3n) is 4.13. The van der Waals surface area contributed by atoms with Crippen molar-refractivity contribution in [1.82, 2.24) is 4.98 Å². The average molecular weight is 270 g/mol. The molecule has 3 rings (SSSR count). The Morgan fingerprint density at radius 1 is 1.00 bits per heavy atom. The van der Waals surface area contributed by atoms with Crippen molar-refractivity contribution < 1.29 is 4.74 Å². The van der Waals surface area contributed by atoms with E-state index in [0.29, 0.717) is 0 Å². The number of para-hydroxylation sites is 1. The third-order valence-corrected chi connectivity index (χ3v) is 4.13. The van der Waals surface area contributed by atoms with Crippen molar-refractivity contribution in [2.75, 3.05) is 0 Å². The highest BCUT2D eigenvalue weighted by Crippen LogP contribution is 2.27. The molecule has 1 heterocycles. The highest BCUT2D eigenvalue weighted by molar-refractivity contribution is 5.84. The highest BCUT2D eigenvalue weighted by atomic mass is 16.5. The molecule has 1 aliphatic rings. The van der Waals surface area contributed by atoms with Crippen molar-refractivity contribution in [2.45, 2.75) is 50.7 Å². The molecule has 0 radical (unpaired) electrons. The first-order chi connectivity index (χ1) is 9.84. The lowest BCUT2D eigenvalue weighted by molar-refractivity contribution is 0.147. The Labute approximate surface area is 120 Å². The van der Waals surface area contributed by atoms with Crippen LogP contribution in [-0.2, 0) is 0 Å². The number of hydrogen-bond acceptors (Lipinski definition) is 3. The van der Waals surface area contributed by atoms with Gasteiger partial charge in [0.05, 0.1) is 0 Å². The van der Waals surface area contributed by atoms with Crippen LogP contribution in [-0.4, -0.2) is 17.1 Å². The van der Waals surface area contributed by atoms with Crippen molar-refractivity contribution in [3.63, 3.8) is 0 Å². The molecule has 1 fully saturated rings. The van der Waals surface area contributed by atoms with E-state index in [-0.39, 0.29) is 12.1 Å². The molecule has 0 amide bonds. The quantitative estimate of drug-likeness (QED) is 0.906. The van der Waals surface area contributed by atoms with Gasteiger partial charge in [-0.25, -0.2) is 0 Å². The lowest BCUT2D eigenvalue weighted by Gasteiger charge is -2.27. The molecule has 2 unspecified atom stereocenters. The summed E-state index contributed by atoms with van der Waals surface area (Å²) in [5.74, 6) is 0.865. The molecule has 2 N–H and O–H groups in total. The van der Waals surface area contributed by atoms with E-state index in [9.17, 15) is 0 Å². The van der Waals surface area contributed by atoms with Gasteiger partial charge in [0.1, 0.15) is 17.4 Å². The van der Waals surface area contributed by atoms with Crippen LogP contribution in [0.2, 0.25) is 0 Å². The van der Waals surface area contributed by atoms with E-state index >= 15 is 0 Å². The molecule has 2 atom stereocenters. The first-order valence-corrected chi connectivity index (χ1v) is 7.60. The van der Waals surface area contributed by atoms with Crippen LogP contribution in [0.4, 0.5) is 0 Å². The average Bonchev–Trinajstić information content (AvgIpc) is 2.47. The summed E-state index contributed by atoms with van der Waals surface area (Å²) in [6.07, 6.45) is 9.05. The number of rotatable bonds is 2. The Balaban J connectivity index is 1.84. The van der Waals surface area contributed by atoms with Crippen LogP contribution >= 0.6 is 0 Å². The van der Waals surface area contributed by atoms with Gasteiger partial charge in [-0.2, -0.15) is 0 Å². The Bertz CT molecular complexity index is 564. The number of nitrogens with zero attached hydrogens (tertiary/aromatic N) is 1. The highest BCUT2D eigenvalue weighted by Gasteiger charge is 2.21. The van der Waals surface area contributed by atoms with Crippen LogP contribution in [0, 0.1) is 0 Å². The van der Waals surface area contributed by atoms with Crippen molar-refractivity contribution in [3.8, 4) is 5.75 Å². The van der Waals surface area contributed by atoms with E-state index in [1.807, 2.05) is 24.4 Å². The molecule has 2 aromatic rings. The lowest BCUT2D eigenvalue weighted by Crippen LogP contribution is -2.39. The zero-order chi connectivity index (χ0) is 13.8. The van der Waals surface area contributed by atoms with Gasteiger partial charge in [-0.15, -0.1) is 0 Å². The smallest absolute Gasteiger partial charge is 0.146 e. The Morgan fingerprint density at radius 2 is 1.80 bits per heavy atom. The standard InChI is InChI=1S/C17H22N2O/c18-14-9-3-1-2-4-10-15(14)20-16-11-5-7-13-8-6-12-19-17(13)16/h5-8,11-12,14-15H,1-4,9-10,18H2. The monoisotopic (exact) mass is 270 g/mol. The Kier molecular flexibility index (Phi) is 4.16. The summed E-state index contributed by atoms with van der Waals surface area (Å²) < 4.78 is 6.23. The van der Waals surface area contributed by atoms with Crippen molar-refractivity contribution in [3.05, 3.63) is 36.5 Å². The molecule has 0 spiro atoms. The van der Waals surface area contributed by atoms with E-state index in [0.717, 1.165) is 29.5 Å². The van der Waals surface area contributed by atoms with Crippen molar-refractivity contribution in [1.29, 1.82) is 0 Å². The maximum atomic E-state index is 6.29. The fourth-order valence-electron chi connectivity index (χ4n) is 2.96. The van der Waals surface area contributed by atoms with E-state index in [1.165, 1.54) is 25.7 Å². The zero-order valence-electron chi connectivity index (χ0n) is 11.8. The lowest BCUT2D eigenvalue weighted by atomic mass is 9.95. The normalized spacial score (nSPS) is 24.1. The summed E-state index contributed by atoms with van der Waals surface area (Å²) in [5.41, 5.74) is 7.23. The van der Waals surface area contributed by atoms with E-state index in [4.69, 9.17) is 10.5 Å². The van der Waals surface area contributed by atoms with Gasteiger partial charge in [0.15, 0.2) is 0 Å². The van der Waals surface area contributed by atoms with Crippen molar-refractivity contribution in [2.24, 2.45) is 5.73 Å². The predicted octanol–water partition coefficient (Wildman–Crippen LogP) is 3.66. The van der Waals surface area contributed by atoms with E-state index in [1.54, 1.807) is 0 Å². The molecule has 3 nitrogen and oxygen atoms in total. The molecule has 20 heavy (non-hydrogen) atoms. The van der Waals surface area contributed by atoms with E-state index in [2.05, 4.69) is 17.1 Å². The molecule has 0 bridgehead atoms. The first kappa shape index (κ1) is 13.4. The SMILES string of the molecule is NC1CCCCCCC1Oc1cccc2cccnc12. The molecule has 106 valence electrons.